The molecule has 0 aromatic heterocycles. The fourth-order valence-corrected chi connectivity index (χ4v) is 1.41. The van der Waals surface area contributed by atoms with E-state index in [9.17, 15) is 9.18 Å². The SMILES string of the molecule is N#C[C@H]1C[C@H](F)CN1C(=O)CCl. The Morgan fingerprint density at radius 3 is 3.00 bits per heavy atom. The third-order valence-corrected chi connectivity index (χ3v) is 2.06. The second kappa shape index (κ2) is 3.72. The lowest BCUT2D eigenvalue weighted by Crippen LogP contribution is -2.35. The first-order valence-corrected chi connectivity index (χ1v) is 4.11. The molecule has 1 saturated heterocycles. The molecule has 2 atom stereocenters. The van der Waals surface area contributed by atoms with Crippen molar-refractivity contribution in [3.63, 3.8) is 0 Å². The molecule has 0 aromatic carbocycles. The number of likely N-dealkylation sites (tertiary alicyclic amines) is 1. The van der Waals surface area contributed by atoms with E-state index in [1.165, 1.54) is 4.90 Å². The molecule has 0 unspecified atom stereocenters. The number of carbonyl (C=O) groups is 1. The monoisotopic (exact) mass is 190 g/mol. The van der Waals surface area contributed by atoms with Crippen molar-refractivity contribution >= 4 is 17.5 Å². The van der Waals surface area contributed by atoms with Gasteiger partial charge in [-0.1, -0.05) is 0 Å². The van der Waals surface area contributed by atoms with Crippen molar-refractivity contribution in [2.75, 3.05) is 12.4 Å². The number of hydrogen-bond acceptors (Lipinski definition) is 2. The smallest absolute Gasteiger partial charge is 0.238 e. The summed E-state index contributed by atoms with van der Waals surface area (Å²) in [6.45, 7) is 0.00375. The summed E-state index contributed by atoms with van der Waals surface area (Å²) in [6, 6.07) is 1.23. The summed E-state index contributed by atoms with van der Waals surface area (Å²) in [5, 5.41) is 8.54. The van der Waals surface area contributed by atoms with E-state index in [0.29, 0.717) is 0 Å². The molecular formula is C7H8ClFN2O. The van der Waals surface area contributed by atoms with Gasteiger partial charge in [0.05, 0.1) is 12.6 Å². The van der Waals surface area contributed by atoms with Crippen molar-refractivity contribution in [1.82, 2.24) is 4.90 Å². The maximum absolute atomic E-state index is 12.7. The molecule has 1 heterocycles. The molecule has 0 aliphatic carbocycles. The second-order valence-corrected chi connectivity index (χ2v) is 2.92. The standard InChI is InChI=1S/C7H8ClFN2O/c8-2-7(12)11-4-5(9)1-6(11)3-10/h5-6H,1-2,4H2/t5-,6+/m0/s1. The Kier molecular flexibility index (Phi) is 2.88. The molecule has 1 aliphatic rings. The second-order valence-electron chi connectivity index (χ2n) is 2.66. The zero-order chi connectivity index (χ0) is 9.14. The van der Waals surface area contributed by atoms with Gasteiger partial charge in [-0.15, -0.1) is 11.6 Å². The Labute approximate surface area is 74.7 Å². The van der Waals surface area contributed by atoms with Crippen LogP contribution in [0.25, 0.3) is 0 Å². The number of amides is 1. The van der Waals surface area contributed by atoms with Crippen molar-refractivity contribution in [3.05, 3.63) is 0 Å². The Balaban J connectivity index is 2.65. The third-order valence-electron chi connectivity index (χ3n) is 1.83. The van der Waals surface area contributed by atoms with E-state index in [-0.39, 0.29) is 24.8 Å². The number of carbonyl (C=O) groups excluding carboxylic acids is 1. The number of nitrogens with zero attached hydrogens (tertiary/aromatic N) is 2. The van der Waals surface area contributed by atoms with Gasteiger partial charge in [0, 0.05) is 6.42 Å². The maximum atomic E-state index is 12.7. The fraction of sp³-hybridized carbons (Fsp3) is 0.714. The van der Waals surface area contributed by atoms with Gasteiger partial charge < -0.3 is 4.90 Å². The minimum atomic E-state index is -1.08. The van der Waals surface area contributed by atoms with Gasteiger partial charge in [0.15, 0.2) is 0 Å². The van der Waals surface area contributed by atoms with E-state index in [1.54, 1.807) is 0 Å². The number of rotatable bonds is 1. The molecule has 0 N–H and O–H groups in total. The minimum absolute atomic E-state index is 0.00375. The summed E-state index contributed by atoms with van der Waals surface area (Å²) in [4.78, 5) is 12.2. The summed E-state index contributed by atoms with van der Waals surface area (Å²) >= 11 is 5.28. The van der Waals surface area contributed by atoms with Gasteiger partial charge in [-0.2, -0.15) is 5.26 Å². The van der Waals surface area contributed by atoms with Crippen LogP contribution >= 0.6 is 11.6 Å². The van der Waals surface area contributed by atoms with Gasteiger partial charge in [0.1, 0.15) is 18.1 Å². The molecule has 1 aliphatic heterocycles. The van der Waals surface area contributed by atoms with Gasteiger partial charge in [-0.3, -0.25) is 4.79 Å². The molecule has 0 radical (unpaired) electrons. The summed E-state index contributed by atoms with van der Waals surface area (Å²) in [6.07, 6.45) is -0.971. The van der Waals surface area contributed by atoms with Gasteiger partial charge in [0.2, 0.25) is 5.91 Å². The van der Waals surface area contributed by atoms with Crippen molar-refractivity contribution in [2.45, 2.75) is 18.6 Å². The topological polar surface area (TPSA) is 44.1 Å². The van der Waals surface area contributed by atoms with Crippen LogP contribution in [0.5, 0.6) is 0 Å². The predicted octanol–water partition coefficient (Wildman–Crippen LogP) is 0.688. The molecule has 12 heavy (non-hydrogen) atoms. The molecule has 0 aromatic rings. The van der Waals surface area contributed by atoms with E-state index in [0.717, 1.165) is 0 Å². The number of halogens is 2. The Morgan fingerprint density at radius 2 is 2.50 bits per heavy atom. The quantitative estimate of drug-likeness (QED) is 0.571. The Morgan fingerprint density at radius 1 is 1.83 bits per heavy atom. The predicted molar refractivity (Wildman–Crippen MR) is 41.3 cm³/mol. The number of hydrogen-bond donors (Lipinski definition) is 0. The van der Waals surface area contributed by atoms with E-state index in [1.807, 2.05) is 6.07 Å². The average molecular weight is 191 g/mol. The zero-order valence-corrected chi connectivity index (χ0v) is 7.09. The molecule has 1 amide bonds. The minimum Gasteiger partial charge on any atom is -0.323 e. The summed E-state index contributed by atoms with van der Waals surface area (Å²) in [7, 11) is 0. The van der Waals surface area contributed by atoms with E-state index in [2.05, 4.69) is 0 Å². The van der Waals surface area contributed by atoms with Crippen molar-refractivity contribution in [2.24, 2.45) is 0 Å². The summed E-state index contributed by atoms with van der Waals surface area (Å²) < 4.78 is 12.7. The maximum Gasteiger partial charge on any atom is 0.238 e. The van der Waals surface area contributed by atoms with Crippen LogP contribution in [-0.4, -0.2) is 35.4 Å². The van der Waals surface area contributed by atoms with Crippen LogP contribution in [0, 0.1) is 11.3 Å². The van der Waals surface area contributed by atoms with Crippen LogP contribution in [-0.2, 0) is 4.79 Å². The molecule has 5 heteroatoms. The normalized spacial score (nSPS) is 28.6. The van der Waals surface area contributed by atoms with E-state index in [4.69, 9.17) is 16.9 Å². The van der Waals surface area contributed by atoms with Gasteiger partial charge >= 0.3 is 0 Å². The van der Waals surface area contributed by atoms with Crippen molar-refractivity contribution in [3.8, 4) is 6.07 Å². The molecule has 1 rings (SSSR count). The first kappa shape index (κ1) is 9.27. The van der Waals surface area contributed by atoms with Crippen LogP contribution < -0.4 is 0 Å². The van der Waals surface area contributed by atoms with Crippen molar-refractivity contribution in [1.29, 1.82) is 5.26 Å². The van der Waals surface area contributed by atoms with Gasteiger partial charge in [-0.05, 0) is 0 Å². The first-order valence-electron chi connectivity index (χ1n) is 3.58. The lowest BCUT2D eigenvalue weighted by Gasteiger charge is -2.16. The summed E-state index contributed by atoms with van der Waals surface area (Å²) in [5.41, 5.74) is 0. The van der Waals surface area contributed by atoms with Crippen LogP contribution in [0.1, 0.15) is 6.42 Å². The van der Waals surface area contributed by atoms with Crippen LogP contribution in [0.4, 0.5) is 4.39 Å². The molecule has 66 valence electrons. The van der Waals surface area contributed by atoms with E-state index < -0.39 is 12.2 Å². The zero-order valence-electron chi connectivity index (χ0n) is 6.33. The molecule has 0 saturated carbocycles. The highest BCUT2D eigenvalue weighted by molar-refractivity contribution is 6.27. The van der Waals surface area contributed by atoms with Crippen LogP contribution in [0.3, 0.4) is 0 Å². The van der Waals surface area contributed by atoms with Crippen LogP contribution in [0.2, 0.25) is 0 Å². The highest BCUT2D eigenvalue weighted by Gasteiger charge is 2.34. The number of nitriles is 1. The third kappa shape index (κ3) is 1.67. The highest BCUT2D eigenvalue weighted by atomic mass is 35.5. The lowest BCUT2D eigenvalue weighted by molar-refractivity contribution is -0.128. The van der Waals surface area contributed by atoms with Crippen LogP contribution in [0.15, 0.2) is 0 Å². The number of alkyl halides is 2. The van der Waals surface area contributed by atoms with Gasteiger partial charge in [0.25, 0.3) is 0 Å². The fourth-order valence-electron chi connectivity index (χ4n) is 1.26. The first-order chi connectivity index (χ1) is 5.69. The Bertz CT molecular complexity index is 228. The molecule has 0 bridgehead atoms. The lowest BCUT2D eigenvalue weighted by atomic mass is 10.2. The molecule has 3 nitrogen and oxygen atoms in total. The van der Waals surface area contributed by atoms with Crippen molar-refractivity contribution < 1.29 is 9.18 Å². The average Bonchev–Trinajstić information content (AvgIpc) is 2.45. The van der Waals surface area contributed by atoms with Gasteiger partial charge in [-0.25, -0.2) is 4.39 Å². The summed E-state index contributed by atoms with van der Waals surface area (Å²) in [5.74, 6) is -0.561. The molecular weight excluding hydrogens is 183 g/mol. The van der Waals surface area contributed by atoms with E-state index >= 15 is 0 Å². The molecule has 0 spiro atoms. The highest BCUT2D eigenvalue weighted by Crippen LogP contribution is 2.19. The Hall–Kier alpha value is -0.820. The molecule has 1 fully saturated rings. The largest absolute Gasteiger partial charge is 0.323 e.